The monoisotopic (exact) mass is 430 g/mol. The van der Waals surface area contributed by atoms with Crippen molar-refractivity contribution in [2.45, 2.75) is 50.8 Å². The molecule has 5 rings (SSSR count). The molecule has 1 aliphatic carbocycles. The summed E-state index contributed by atoms with van der Waals surface area (Å²) in [6, 6.07) is 9.19. The Hall–Kier alpha value is -2.51. The van der Waals surface area contributed by atoms with Crippen LogP contribution >= 0.6 is 11.6 Å². The number of nitrogens with zero attached hydrogens (tertiary/aromatic N) is 3. The maximum atomic E-state index is 13.4. The summed E-state index contributed by atoms with van der Waals surface area (Å²) in [6.45, 7) is 1.37. The molecule has 0 atom stereocenters. The molecule has 0 bridgehead atoms. The smallest absolute Gasteiger partial charge is 0.151 e. The molecule has 3 aromatic rings. The zero-order valence-corrected chi connectivity index (χ0v) is 17.0. The van der Waals surface area contributed by atoms with Gasteiger partial charge in [0.15, 0.2) is 5.82 Å². The van der Waals surface area contributed by atoms with E-state index in [1.807, 2.05) is 18.2 Å². The minimum Gasteiger partial charge on any atom is -0.490 e. The van der Waals surface area contributed by atoms with Gasteiger partial charge in [0.05, 0.1) is 18.3 Å². The fourth-order valence-corrected chi connectivity index (χ4v) is 4.62. The fraction of sp³-hybridized carbons (Fsp3) is 0.364. The summed E-state index contributed by atoms with van der Waals surface area (Å²) >= 11 is 6.19. The molecule has 0 spiro atoms. The molecular formula is C22H21ClF2N4O. The van der Waals surface area contributed by atoms with Gasteiger partial charge in [-0.1, -0.05) is 11.6 Å². The van der Waals surface area contributed by atoms with Crippen LogP contribution in [0.2, 0.25) is 5.02 Å². The molecule has 1 N–H and O–H groups in total. The van der Waals surface area contributed by atoms with Gasteiger partial charge in [0.1, 0.15) is 23.2 Å². The van der Waals surface area contributed by atoms with Crippen LogP contribution in [0.4, 0.5) is 8.78 Å². The second-order valence-corrected chi connectivity index (χ2v) is 8.32. The highest BCUT2D eigenvalue weighted by molar-refractivity contribution is 6.30. The molecule has 1 aromatic heterocycles. The van der Waals surface area contributed by atoms with E-state index in [1.54, 1.807) is 0 Å². The lowest BCUT2D eigenvalue weighted by molar-refractivity contribution is 0.143. The molecule has 0 saturated heterocycles. The van der Waals surface area contributed by atoms with Crippen molar-refractivity contribution in [1.29, 1.82) is 0 Å². The second kappa shape index (κ2) is 7.96. The van der Waals surface area contributed by atoms with Gasteiger partial charge in [0, 0.05) is 35.7 Å². The summed E-state index contributed by atoms with van der Waals surface area (Å²) in [5, 5.41) is 13.0. The highest BCUT2D eigenvalue weighted by atomic mass is 35.5. The van der Waals surface area contributed by atoms with Gasteiger partial charge in [-0.3, -0.25) is 4.57 Å². The summed E-state index contributed by atoms with van der Waals surface area (Å²) in [7, 11) is 0. The van der Waals surface area contributed by atoms with Crippen LogP contribution in [-0.2, 0) is 13.1 Å². The molecule has 5 nitrogen and oxygen atoms in total. The van der Waals surface area contributed by atoms with Crippen molar-refractivity contribution in [2.75, 3.05) is 0 Å². The SMILES string of the molecule is Fc1cc(F)cc(OC2CCC(c3nnc4n3-c3ccc(Cl)cc3CNC4)CC2)c1. The third-order valence-electron chi connectivity index (χ3n) is 5.81. The topological polar surface area (TPSA) is 52.0 Å². The minimum absolute atomic E-state index is 0.0678. The molecule has 2 aromatic carbocycles. The molecule has 0 amide bonds. The van der Waals surface area contributed by atoms with E-state index >= 15 is 0 Å². The lowest BCUT2D eigenvalue weighted by Crippen LogP contribution is -2.25. The van der Waals surface area contributed by atoms with E-state index in [-0.39, 0.29) is 17.8 Å². The number of nitrogens with one attached hydrogen (secondary N) is 1. The number of hydrogen-bond donors (Lipinski definition) is 1. The Morgan fingerprint density at radius 3 is 2.50 bits per heavy atom. The maximum absolute atomic E-state index is 13.4. The largest absolute Gasteiger partial charge is 0.490 e. The molecule has 0 unspecified atom stereocenters. The van der Waals surface area contributed by atoms with E-state index in [2.05, 4.69) is 20.1 Å². The average molecular weight is 431 g/mol. The Kier molecular flexibility index (Phi) is 5.16. The Balaban J connectivity index is 1.34. The first-order valence-corrected chi connectivity index (χ1v) is 10.5. The van der Waals surface area contributed by atoms with E-state index in [4.69, 9.17) is 16.3 Å². The number of aromatic nitrogens is 3. The van der Waals surface area contributed by atoms with Gasteiger partial charge >= 0.3 is 0 Å². The molecule has 156 valence electrons. The van der Waals surface area contributed by atoms with Crippen molar-refractivity contribution in [3.05, 3.63) is 70.3 Å². The first-order chi connectivity index (χ1) is 14.6. The van der Waals surface area contributed by atoms with Crippen molar-refractivity contribution < 1.29 is 13.5 Å². The molecule has 2 heterocycles. The van der Waals surface area contributed by atoms with E-state index < -0.39 is 11.6 Å². The van der Waals surface area contributed by atoms with E-state index in [0.717, 1.165) is 61.2 Å². The van der Waals surface area contributed by atoms with Crippen molar-refractivity contribution >= 4 is 11.6 Å². The van der Waals surface area contributed by atoms with Crippen LogP contribution in [0.15, 0.2) is 36.4 Å². The Bertz CT molecular complexity index is 1060. The lowest BCUT2D eigenvalue weighted by Gasteiger charge is -2.29. The van der Waals surface area contributed by atoms with Crippen LogP contribution in [0.5, 0.6) is 5.75 Å². The molecule has 2 aliphatic rings. The predicted molar refractivity (Wildman–Crippen MR) is 109 cm³/mol. The summed E-state index contributed by atoms with van der Waals surface area (Å²) in [6.07, 6.45) is 3.25. The summed E-state index contributed by atoms with van der Waals surface area (Å²) in [4.78, 5) is 0. The van der Waals surface area contributed by atoms with Crippen LogP contribution in [0.1, 0.15) is 48.8 Å². The molecule has 0 radical (unpaired) electrons. The maximum Gasteiger partial charge on any atom is 0.151 e. The highest BCUT2D eigenvalue weighted by Crippen LogP contribution is 2.36. The molecule has 1 aliphatic heterocycles. The third kappa shape index (κ3) is 3.79. The fourth-order valence-electron chi connectivity index (χ4n) is 4.42. The summed E-state index contributed by atoms with van der Waals surface area (Å²) in [5.74, 6) is 1.07. The first kappa shape index (κ1) is 19.5. The van der Waals surface area contributed by atoms with Gasteiger partial charge in [-0.25, -0.2) is 8.78 Å². The van der Waals surface area contributed by atoms with Gasteiger partial charge in [0.25, 0.3) is 0 Å². The van der Waals surface area contributed by atoms with Gasteiger partial charge in [-0.15, -0.1) is 10.2 Å². The number of benzene rings is 2. The van der Waals surface area contributed by atoms with E-state index in [9.17, 15) is 8.78 Å². The molecule has 8 heteroatoms. The first-order valence-electron chi connectivity index (χ1n) is 10.1. The lowest BCUT2D eigenvalue weighted by atomic mass is 9.86. The van der Waals surface area contributed by atoms with Crippen LogP contribution < -0.4 is 10.1 Å². The Morgan fingerprint density at radius 2 is 1.73 bits per heavy atom. The van der Waals surface area contributed by atoms with Crippen LogP contribution in [-0.4, -0.2) is 20.9 Å². The quantitative estimate of drug-likeness (QED) is 0.641. The molecule has 30 heavy (non-hydrogen) atoms. The standard InChI is InChI=1S/C22H21ClF2N4O/c23-15-3-6-20-14(7-15)11-26-12-21-27-28-22(29(20)21)13-1-4-18(5-2-13)30-19-9-16(24)8-17(25)10-19/h3,6-10,13,18,26H,1-2,4-5,11-12H2. The number of ether oxygens (including phenoxy) is 1. The second-order valence-electron chi connectivity index (χ2n) is 7.88. The minimum atomic E-state index is -0.628. The van der Waals surface area contributed by atoms with E-state index in [1.165, 1.54) is 12.1 Å². The third-order valence-corrected chi connectivity index (χ3v) is 6.05. The zero-order chi connectivity index (χ0) is 20.7. The number of fused-ring (bicyclic) bond motifs is 3. The van der Waals surface area contributed by atoms with Crippen molar-refractivity contribution in [3.8, 4) is 11.4 Å². The van der Waals surface area contributed by atoms with Crippen LogP contribution in [0, 0.1) is 11.6 Å². The van der Waals surface area contributed by atoms with Gasteiger partial charge in [0.2, 0.25) is 0 Å². The number of hydrogen-bond acceptors (Lipinski definition) is 4. The number of halogens is 3. The molecule has 1 saturated carbocycles. The van der Waals surface area contributed by atoms with E-state index in [0.29, 0.717) is 11.6 Å². The van der Waals surface area contributed by atoms with Crippen molar-refractivity contribution in [1.82, 2.24) is 20.1 Å². The van der Waals surface area contributed by atoms with Crippen LogP contribution in [0.25, 0.3) is 5.69 Å². The van der Waals surface area contributed by atoms with Gasteiger partial charge < -0.3 is 10.1 Å². The highest BCUT2D eigenvalue weighted by Gasteiger charge is 2.30. The van der Waals surface area contributed by atoms with Crippen LogP contribution in [0.3, 0.4) is 0 Å². The normalized spacial score (nSPS) is 20.9. The molecule has 1 fully saturated rings. The van der Waals surface area contributed by atoms with Gasteiger partial charge in [-0.2, -0.15) is 0 Å². The summed E-state index contributed by atoms with van der Waals surface area (Å²) < 4.78 is 34.8. The average Bonchev–Trinajstić information content (AvgIpc) is 3.03. The molecular weight excluding hydrogens is 410 g/mol. The van der Waals surface area contributed by atoms with Crippen molar-refractivity contribution in [2.24, 2.45) is 0 Å². The van der Waals surface area contributed by atoms with Crippen molar-refractivity contribution in [3.63, 3.8) is 0 Å². The number of rotatable bonds is 3. The Labute approximate surface area is 178 Å². The Morgan fingerprint density at radius 1 is 0.967 bits per heavy atom. The van der Waals surface area contributed by atoms with Gasteiger partial charge in [-0.05, 0) is 49.4 Å². The summed E-state index contributed by atoms with van der Waals surface area (Å²) in [5.41, 5.74) is 2.18. The predicted octanol–water partition coefficient (Wildman–Crippen LogP) is 4.91. The zero-order valence-electron chi connectivity index (χ0n) is 16.2.